The lowest BCUT2D eigenvalue weighted by molar-refractivity contribution is 0.138. The molecule has 3 heteroatoms. The summed E-state index contributed by atoms with van der Waals surface area (Å²) in [7, 11) is 0. The van der Waals surface area contributed by atoms with Crippen LogP contribution in [0.5, 0.6) is 0 Å². The van der Waals surface area contributed by atoms with E-state index >= 15 is 0 Å². The van der Waals surface area contributed by atoms with Crippen LogP contribution in [0.25, 0.3) is 0 Å². The summed E-state index contributed by atoms with van der Waals surface area (Å²) in [6.45, 7) is 1.58. The summed E-state index contributed by atoms with van der Waals surface area (Å²) < 4.78 is 5.79. The van der Waals surface area contributed by atoms with E-state index in [2.05, 4.69) is 29.2 Å². The van der Waals surface area contributed by atoms with Crippen molar-refractivity contribution in [3.63, 3.8) is 0 Å². The van der Waals surface area contributed by atoms with Gasteiger partial charge in [-0.05, 0) is 30.2 Å². The van der Waals surface area contributed by atoms with E-state index in [1.165, 1.54) is 10.5 Å². The molecular weight excluding hydrogens is 254 g/mol. The molecule has 0 bridgehead atoms. The molecule has 2 heterocycles. The lowest BCUT2D eigenvalue weighted by atomic mass is 10.1. The van der Waals surface area contributed by atoms with Crippen molar-refractivity contribution in [3.05, 3.63) is 59.9 Å². The standard InChI is InChI=1S/C16H17NOS/c1-2-7-16-13(5-1)11-15(19-16)12-18-10-8-14-6-3-4-9-17-14/h1-7,9,15H,8,10-12H2. The molecule has 0 radical (unpaired) electrons. The fourth-order valence-corrected chi connectivity index (χ4v) is 3.53. The average Bonchev–Trinajstić information content (AvgIpc) is 2.87. The zero-order chi connectivity index (χ0) is 12.9. The number of benzene rings is 1. The van der Waals surface area contributed by atoms with Crippen LogP contribution in [0.1, 0.15) is 11.3 Å². The fourth-order valence-electron chi connectivity index (χ4n) is 2.28. The van der Waals surface area contributed by atoms with Crippen LogP contribution in [0, 0.1) is 0 Å². The highest BCUT2D eigenvalue weighted by molar-refractivity contribution is 8.00. The summed E-state index contributed by atoms with van der Waals surface area (Å²) in [6.07, 6.45) is 3.86. The molecule has 2 nitrogen and oxygen atoms in total. The maximum atomic E-state index is 5.79. The van der Waals surface area contributed by atoms with E-state index in [-0.39, 0.29) is 0 Å². The highest BCUT2D eigenvalue weighted by Crippen LogP contribution is 2.36. The monoisotopic (exact) mass is 271 g/mol. The molecule has 1 aliphatic rings. The number of ether oxygens (including phenoxy) is 1. The molecule has 0 aliphatic carbocycles. The van der Waals surface area contributed by atoms with Crippen molar-refractivity contribution in [3.8, 4) is 0 Å². The minimum atomic E-state index is 0.570. The van der Waals surface area contributed by atoms with Crippen LogP contribution in [0.3, 0.4) is 0 Å². The van der Waals surface area contributed by atoms with Crippen LogP contribution in [0.2, 0.25) is 0 Å². The number of thioether (sulfide) groups is 1. The molecule has 1 aromatic carbocycles. The van der Waals surface area contributed by atoms with Gasteiger partial charge in [0.2, 0.25) is 0 Å². The second kappa shape index (κ2) is 6.22. The summed E-state index contributed by atoms with van der Waals surface area (Å²) >= 11 is 1.94. The molecule has 1 atom stereocenters. The summed E-state index contributed by atoms with van der Waals surface area (Å²) in [5.41, 5.74) is 2.57. The molecular formula is C16H17NOS. The third-order valence-electron chi connectivity index (χ3n) is 3.25. The summed E-state index contributed by atoms with van der Waals surface area (Å²) in [6, 6.07) is 14.6. The van der Waals surface area contributed by atoms with Crippen LogP contribution in [-0.4, -0.2) is 23.4 Å². The first kappa shape index (κ1) is 12.7. The molecule has 1 unspecified atom stereocenters. The van der Waals surface area contributed by atoms with Gasteiger partial charge in [0.15, 0.2) is 0 Å². The molecule has 0 saturated heterocycles. The molecule has 1 aromatic heterocycles. The topological polar surface area (TPSA) is 22.1 Å². The van der Waals surface area contributed by atoms with Gasteiger partial charge in [-0.1, -0.05) is 24.3 Å². The second-order valence-corrected chi connectivity index (χ2v) is 6.04. The number of pyridine rings is 1. The van der Waals surface area contributed by atoms with Gasteiger partial charge in [-0.25, -0.2) is 0 Å². The van der Waals surface area contributed by atoms with Crippen molar-refractivity contribution in [1.82, 2.24) is 4.98 Å². The van der Waals surface area contributed by atoms with Crippen molar-refractivity contribution in [2.75, 3.05) is 13.2 Å². The minimum Gasteiger partial charge on any atom is -0.380 e. The number of hydrogen-bond donors (Lipinski definition) is 0. The lowest BCUT2D eigenvalue weighted by Gasteiger charge is -2.09. The molecule has 1 aliphatic heterocycles. The Hall–Kier alpha value is -1.32. The molecule has 3 rings (SSSR count). The highest BCUT2D eigenvalue weighted by Gasteiger charge is 2.21. The maximum absolute atomic E-state index is 5.79. The quantitative estimate of drug-likeness (QED) is 0.779. The summed E-state index contributed by atoms with van der Waals surface area (Å²) in [4.78, 5) is 5.71. The largest absolute Gasteiger partial charge is 0.380 e. The van der Waals surface area contributed by atoms with E-state index in [1.807, 2.05) is 36.2 Å². The Morgan fingerprint density at radius 1 is 1.16 bits per heavy atom. The van der Waals surface area contributed by atoms with E-state index in [0.29, 0.717) is 5.25 Å². The predicted molar refractivity (Wildman–Crippen MR) is 78.6 cm³/mol. The predicted octanol–water partition coefficient (Wildman–Crippen LogP) is 3.36. The van der Waals surface area contributed by atoms with E-state index in [0.717, 1.165) is 31.7 Å². The number of fused-ring (bicyclic) bond motifs is 1. The van der Waals surface area contributed by atoms with Crippen LogP contribution < -0.4 is 0 Å². The minimum absolute atomic E-state index is 0.570. The van der Waals surface area contributed by atoms with E-state index in [1.54, 1.807) is 0 Å². The second-order valence-electron chi connectivity index (χ2n) is 4.70. The normalized spacial score (nSPS) is 17.4. The van der Waals surface area contributed by atoms with Crippen molar-refractivity contribution >= 4 is 11.8 Å². The fraction of sp³-hybridized carbons (Fsp3) is 0.312. The highest BCUT2D eigenvalue weighted by atomic mass is 32.2. The summed E-state index contributed by atoms with van der Waals surface area (Å²) in [5.74, 6) is 0. The first-order valence-electron chi connectivity index (χ1n) is 6.64. The number of nitrogens with zero attached hydrogens (tertiary/aromatic N) is 1. The van der Waals surface area contributed by atoms with Gasteiger partial charge >= 0.3 is 0 Å². The smallest absolute Gasteiger partial charge is 0.0591 e. The Labute approximate surface area is 118 Å². The van der Waals surface area contributed by atoms with Crippen LogP contribution in [0.15, 0.2) is 53.6 Å². The SMILES string of the molecule is c1ccc(CCOCC2Cc3ccccc3S2)nc1. The Morgan fingerprint density at radius 3 is 2.89 bits per heavy atom. The molecule has 0 saturated carbocycles. The van der Waals surface area contributed by atoms with Gasteiger partial charge in [-0.3, -0.25) is 4.98 Å². The van der Waals surface area contributed by atoms with Gasteiger partial charge in [-0.2, -0.15) is 0 Å². The zero-order valence-corrected chi connectivity index (χ0v) is 11.6. The molecule has 98 valence electrons. The average molecular weight is 271 g/mol. The van der Waals surface area contributed by atoms with Crippen molar-refractivity contribution in [2.24, 2.45) is 0 Å². The molecule has 19 heavy (non-hydrogen) atoms. The Kier molecular flexibility index (Phi) is 4.16. The van der Waals surface area contributed by atoms with Crippen LogP contribution in [0.4, 0.5) is 0 Å². The third-order valence-corrected chi connectivity index (χ3v) is 4.53. The molecule has 0 N–H and O–H groups in total. The van der Waals surface area contributed by atoms with Gasteiger partial charge in [-0.15, -0.1) is 11.8 Å². The number of aromatic nitrogens is 1. The lowest BCUT2D eigenvalue weighted by Crippen LogP contribution is -2.12. The van der Waals surface area contributed by atoms with Gasteiger partial charge < -0.3 is 4.74 Å². The zero-order valence-electron chi connectivity index (χ0n) is 10.8. The van der Waals surface area contributed by atoms with Crippen molar-refractivity contribution in [1.29, 1.82) is 0 Å². The number of rotatable bonds is 5. The number of hydrogen-bond acceptors (Lipinski definition) is 3. The Morgan fingerprint density at radius 2 is 2.05 bits per heavy atom. The van der Waals surface area contributed by atoms with Crippen LogP contribution in [-0.2, 0) is 17.6 Å². The Balaban J connectivity index is 1.41. The van der Waals surface area contributed by atoms with E-state index < -0.39 is 0 Å². The van der Waals surface area contributed by atoms with Crippen LogP contribution >= 0.6 is 11.8 Å². The molecule has 0 amide bonds. The molecule has 0 spiro atoms. The first-order chi connectivity index (χ1) is 9.42. The maximum Gasteiger partial charge on any atom is 0.0591 e. The molecule has 0 fully saturated rings. The van der Waals surface area contributed by atoms with Gasteiger partial charge in [0, 0.05) is 28.5 Å². The molecule has 2 aromatic rings. The van der Waals surface area contributed by atoms with Crippen molar-refractivity contribution < 1.29 is 4.74 Å². The third kappa shape index (κ3) is 3.37. The van der Waals surface area contributed by atoms with Gasteiger partial charge in [0.25, 0.3) is 0 Å². The van der Waals surface area contributed by atoms with E-state index in [4.69, 9.17) is 4.74 Å². The summed E-state index contributed by atoms with van der Waals surface area (Å²) in [5, 5.41) is 0.570. The van der Waals surface area contributed by atoms with E-state index in [9.17, 15) is 0 Å². The Bertz CT molecular complexity index is 504. The van der Waals surface area contributed by atoms with Gasteiger partial charge in [0.1, 0.15) is 0 Å². The van der Waals surface area contributed by atoms with Gasteiger partial charge in [0.05, 0.1) is 13.2 Å². The van der Waals surface area contributed by atoms with Crippen molar-refractivity contribution in [2.45, 2.75) is 23.0 Å². The first-order valence-corrected chi connectivity index (χ1v) is 7.52.